The summed E-state index contributed by atoms with van der Waals surface area (Å²) in [6.07, 6.45) is 10.0. The van der Waals surface area contributed by atoms with Crippen molar-refractivity contribution < 1.29 is 0 Å². The van der Waals surface area contributed by atoms with Gasteiger partial charge < -0.3 is 10.2 Å². The predicted octanol–water partition coefficient (Wildman–Crippen LogP) is 1.91. The van der Waals surface area contributed by atoms with Crippen molar-refractivity contribution in [3.63, 3.8) is 0 Å². The lowest BCUT2D eigenvalue weighted by Crippen LogP contribution is -2.44. The second-order valence-electron chi connectivity index (χ2n) is 3.99. The lowest BCUT2D eigenvalue weighted by Gasteiger charge is -2.35. The van der Waals surface area contributed by atoms with Crippen LogP contribution in [0, 0.1) is 0 Å². The highest BCUT2D eigenvalue weighted by Crippen LogP contribution is 2.21. The summed E-state index contributed by atoms with van der Waals surface area (Å²) >= 11 is 0. The molecule has 0 radical (unpaired) electrons. The summed E-state index contributed by atoms with van der Waals surface area (Å²) in [6.45, 7) is 8.64. The van der Waals surface area contributed by atoms with Crippen molar-refractivity contribution in [2.24, 2.45) is 4.99 Å². The Hall–Kier alpha value is -1.35. The number of likely N-dealkylation sites (N-methyl/N-ethyl adjacent to an activating group) is 1. The smallest absolute Gasteiger partial charge is 0.0560 e. The number of allylic oxidation sites excluding steroid dienone is 2. The molecule has 1 rings (SSSR count). The number of aliphatic imine (C=N–C) groups is 1. The Labute approximate surface area is 91.9 Å². The maximum Gasteiger partial charge on any atom is 0.0560 e. The molecular weight excluding hydrogens is 186 g/mol. The van der Waals surface area contributed by atoms with Crippen LogP contribution in [-0.2, 0) is 0 Å². The monoisotopic (exact) mass is 205 g/mol. The van der Waals surface area contributed by atoms with Gasteiger partial charge in [-0.1, -0.05) is 12.2 Å². The van der Waals surface area contributed by atoms with Gasteiger partial charge in [-0.25, -0.2) is 0 Å². The van der Waals surface area contributed by atoms with Gasteiger partial charge in [0.2, 0.25) is 0 Å². The minimum absolute atomic E-state index is 0.114. The number of hydrogen-bond acceptors (Lipinski definition) is 3. The fourth-order valence-electron chi connectivity index (χ4n) is 1.46. The number of rotatable bonds is 4. The van der Waals surface area contributed by atoms with Gasteiger partial charge in [-0.15, -0.1) is 0 Å². The molecule has 15 heavy (non-hydrogen) atoms. The van der Waals surface area contributed by atoms with E-state index in [1.165, 1.54) is 0 Å². The topological polar surface area (TPSA) is 27.6 Å². The van der Waals surface area contributed by atoms with Gasteiger partial charge >= 0.3 is 0 Å². The summed E-state index contributed by atoms with van der Waals surface area (Å²) in [4.78, 5) is 6.03. The maximum absolute atomic E-state index is 3.87. The van der Waals surface area contributed by atoms with E-state index in [1.807, 2.05) is 19.2 Å². The van der Waals surface area contributed by atoms with Crippen LogP contribution in [0.5, 0.6) is 0 Å². The summed E-state index contributed by atoms with van der Waals surface area (Å²) in [5.74, 6) is 0. The zero-order valence-corrected chi connectivity index (χ0v) is 9.70. The molecule has 0 bridgehead atoms. The fourth-order valence-corrected chi connectivity index (χ4v) is 1.46. The second-order valence-corrected chi connectivity index (χ2v) is 3.99. The summed E-state index contributed by atoms with van der Waals surface area (Å²) in [5.41, 5.74) is 0.997. The van der Waals surface area contributed by atoms with Crippen molar-refractivity contribution in [3.05, 3.63) is 36.3 Å². The van der Waals surface area contributed by atoms with E-state index in [9.17, 15) is 0 Å². The van der Waals surface area contributed by atoms with Crippen LogP contribution in [-0.4, -0.2) is 30.7 Å². The van der Waals surface area contributed by atoms with Crippen LogP contribution in [0.4, 0.5) is 0 Å². The molecule has 1 aliphatic heterocycles. The van der Waals surface area contributed by atoms with Crippen LogP contribution in [0.15, 0.2) is 41.3 Å². The maximum atomic E-state index is 3.87. The third-order valence-electron chi connectivity index (χ3n) is 2.60. The van der Waals surface area contributed by atoms with E-state index in [0.29, 0.717) is 0 Å². The van der Waals surface area contributed by atoms with Crippen LogP contribution in [0.1, 0.15) is 13.8 Å². The van der Waals surface area contributed by atoms with Crippen molar-refractivity contribution in [2.45, 2.75) is 19.4 Å². The molecule has 3 heteroatoms. The number of nitrogens with zero attached hydrogens (tertiary/aromatic N) is 2. The Bertz CT molecular complexity index is 311. The molecule has 0 aromatic rings. The van der Waals surface area contributed by atoms with E-state index >= 15 is 0 Å². The van der Waals surface area contributed by atoms with E-state index in [2.05, 4.69) is 48.1 Å². The molecule has 1 aliphatic rings. The van der Waals surface area contributed by atoms with Crippen molar-refractivity contribution in [1.29, 1.82) is 0 Å². The van der Waals surface area contributed by atoms with Crippen molar-refractivity contribution in [1.82, 2.24) is 10.2 Å². The van der Waals surface area contributed by atoms with Crippen molar-refractivity contribution in [3.8, 4) is 0 Å². The van der Waals surface area contributed by atoms with Crippen LogP contribution < -0.4 is 5.32 Å². The predicted molar refractivity (Wildman–Crippen MR) is 65.8 cm³/mol. The van der Waals surface area contributed by atoms with Crippen LogP contribution in [0.25, 0.3) is 0 Å². The third kappa shape index (κ3) is 2.80. The van der Waals surface area contributed by atoms with Crippen LogP contribution in [0.2, 0.25) is 0 Å². The van der Waals surface area contributed by atoms with Gasteiger partial charge in [-0.2, -0.15) is 0 Å². The van der Waals surface area contributed by atoms with Crippen LogP contribution in [0.3, 0.4) is 0 Å². The first-order valence-electron chi connectivity index (χ1n) is 5.07. The summed E-state index contributed by atoms with van der Waals surface area (Å²) in [5, 5.41) is 3.27. The van der Waals surface area contributed by atoms with Crippen molar-refractivity contribution in [2.75, 3.05) is 13.6 Å². The average molecular weight is 205 g/mol. The van der Waals surface area contributed by atoms with Gasteiger partial charge in [0.15, 0.2) is 0 Å². The molecule has 3 nitrogen and oxygen atoms in total. The van der Waals surface area contributed by atoms with Gasteiger partial charge in [0.25, 0.3) is 0 Å². The molecule has 82 valence electrons. The zero-order valence-electron chi connectivity index (χ0n) is 9.70. The zero-order chi connectivity index (χ0) is 11.3. The Morgan fingerprint density at radius 2 is 2.27 bits per heavy atom. The van der Waals surface area contributed by atoms with Crippen molar-refractivity contribution >= 4 is 6.72 Å². The average Bonchev–Trinajstić information content (AvgIpc) is 2.27. The van der Waals surface area contributed by atoms with Gasteiger partial charge in [-0.05, 0) is 33.7 Å². The van der Waals surface area contributed by atoms with E-state index in [1.54, 1.807) is 6.20 Å². The highest BCUT2D eigenvalue weighted by molar-refractivity contribution is 5.29. The summed E-state index contributed by atoms with van der Waals surface area (Å²) in [6, 6.07) is 0. The quantitative estimate of drug-likeness (QED) is 0.710. The minimum Gasteiger partial charge on any atom is -0.345 e. The fraction of sp³-hybridized carbons (Fsp3) is 0.417. The molecule has 1 N–H and O–H groups in total. The molecule has 0 saturated carbocycles. The molecule has 0 aromatic carbocycles. The highest BCUT2D eigenvalue weighted by Gasteiger charge is 2.24. The molecule has 0 spiro atoms. The number of hydrogen-bond donors (Lipinski definition) is 1. The molecule has 0 unspecified atom stereocenters. The van der Waals surface area contributed by atoms with Gasteiger partial charge in [0, 0.05) is 18.9 Å². The molecule has 0 fully saturated rings. The normalized spacial score (nSPS) is 17.0. The minimum atomic E-state index is -0.114. The van der Waals surface area contributed by atoms with Gasteiger partial charge in [-0.3, -0.25) is 4.99 Å². The lowest BCUT2D eigenvalue weighted by molar-refractivity contribution is 0.366. The first-order valence-corrected chi connectivity index (χ1v) is 5.07. The Kier molecular flexibility index (Phi) is 3.86. The van der Waals surface area contributed by atoms with E-state index in [-0.39, 0.29) is 5.54 Å². The largest absolute Gasteiger partial charge is 0.345 e. The molecule has 0 aromatic heterocycles. The number of nitrogens with one attached hydrogen (secondary N) is 1. The van der Waals surface area contributed by atoms with E-state index in [4.69, 9.17) is 0 Å². The summed E-state index contributed by atoms with van der Waals surface area (Å²) in [7, 11) is 1.94. The molecular formula is C12H19N3. The molecule has 0 amide bonds. The molecule has 0 atom stereocenters. The standard InChI is InChI=1S/C12H19N3/c1-12(2,14-4)11(10-13-3)15-8-6-5-7-9-15/h5-8,10,14H,3,9H2,1-2,4H3/b11-10-. The van der Waals surface area contributed by atoms with Gasteiger partial charge in [0.1, 0.15) is 0 Å². The molecule has 1 heterocycles. The SMILES string of the molecule is C=N/C=C(\N1C=CC=CC1)C(C)(C)NC. The summed E-state index contributed by atoms with van der Waals surface area (Å²) < 4.78 is 0. The Balaban J connectivity index is 2.93. The lowest BCUT2D eigenvalue weighted by atomic mass is 10.00. The van der Waals surface area contributed by atoms with Crippen LogP contribution >= 0.6 is 0 Å². The third-order valence-corrected chi connectivity index (χ3v) is 2.60. The second kappa shape index (κ2) is 4.94. The van der Waals surface area contributed by atoms with E-state index in [0.717, 1.165) is 12.2 Å². The highest BCUT2D eigenvalue weighted by atomic mass is 15.2. The van der Waals surface area contributed by atoms with E-state index < -0.39 is 0 Å². The van der Waals surface area contributed by atoms with Gasteiger partial charge in [0.05, 0.1) is 11.2 Å². The molecule has 0 saturated heterocycles. The molecule has 0 aliphatic carbocycles. The Morgan fingerprint density at radius 1 is 1.53 bits per heavy atom. The first-order chi connectivity index (χ1) is 7.11. The Morgan fingerprint density at radius 3 is 2.73 bits per heavy atom. The first kappa shape index (κ1) is 11.7.